The molecule has 2 aromatic carbocycles. The lowest BCUT2D eigenvalue weighted by Crippen LogP contribution is -2.23. The van der Waals surface area contributed by atoms with Crippen LogP contribution in [-0.4, -0.2) is 25.4 Å². The zero-order valence-corrected chi connectivity index (χ0v) is 14.5. The second kappa shape index (κ2) is 7.64. The zero-order chi connectivity index (χ0) is 17.7. The quantitative estimate of drug-likeness (QED) is 0.886. The van der Waals surface area contributed by atoms with Crippen LogP contribution in [0.3, 0.4) is 0 Å². The summed E-state index contributed by atoms with van der Waals surface area (Å²) < 4.78 is 0. The van der Waals surface area contributed by atoms with E-state index < -0.39 is 0 Å². The van der Waals surface area contributed by atoms with Crippen LogP contribution in [-0.2, 0) is 9.59 Å². The van der Waals surface area contributed by atoms with Crippen LogP contribution < -0.4 is 15.5 Å². The molecule has 0 radical (unpaired) electrons. The number of carbonyl (C=O) groups excluding carboxylic acids is 2. The molecular formula is C19H23N3O2. The molecule has 0 heterocycles. The highest BCUT2D eigenvalue weighted by atomic mass is 16.2. The van der Waals surface area contributed by atoms with Crippen LogP contribution in [0.15, 0.2) is 42.5 Å². The zero-order valence-electron chi connectivity index (χ0n) is 14.5. The van der Waals surface area contributed by atoms with Gasteiger partial charge < -0.3 is 15.5 Å². The van der Waals surface area contributed by atoms with Crippen molar-refractivity contribution in [3.05, 3.63) is 53.6 Å². The number of nitrogens with zero attached hydrogens (tertiary/aromatic N) is 1. The van der Waals surface area contributed by atoms with Crippen molar-refractivity contribution in [2.45, 2.75) is 20.8 Å². The second-order valence-corrected chi connectivity index (χ2v) is 5.90. The molecule has 0 bridgehead atoms. The molecule has 0 aliphatic heterocycles. The number of hydrogen-bond acceptors (Lipinski definition) is 3. The average molecular weight is 325 g/mol. The molecule has 0 aliphatic carbocycles. The van der Waals surface area contributed by atoms with Crippen molar-refractivity contribution in [2.24, 2.45) is 0 Å². The maximum absolute atomic E-state index is 12.0. The third-order valence-corrected chi connectivity index (χ3v) is 3.69. The van der Waals surface area contributed by atoms with Gasteiger partial charge in [0.2, 0.25) is 11.8 Å². The number of rotatable bonds is 5. The van der Waals surface area contributed by atoms with Crippen LogP contribution in [0.25, 0.3) is 0 Å². The van der Waals surface area contributed by atoms with Gasteiger partial charge in [0.05, 0.1) is 6.54 Å². The molecule has 126 valence electrons. The Morgan fingerprint density at radius 1 is 0.958 bits per heavy atom. The summed E-state index contributed by atoms with van der Waals surface area (Å²) in [6, 6.07) is 13.3. The SMILES string of the molecule is CC(=O)N(C)c1ccc(NC(=O)CNc2cc(C)cc(C)c2)cc1. The van der Waals surface area contributed by atoms with E-state index in [-0.39, 0.29) is 18.4 Å². The van der Waals surface area contributed by atoms with Gasteiger partial charge in [-0.25, -0.2) is 0 Å². The van der Waals surface area contributed by atoms with Gasteiger partial charge in [0.25, 0.3) is 0 Å². The summed E-state index contributed by atoms with van der Waals surface area (Å²) in [7, 11) is 1.71. The van der Waals surface area contributed by atoms with E-state index in [0.717, 1.165) is 22.5 Å². The summed E-state index contributed by atoms with van der Waals surface area (Å²) >= 11 is 0. The highest BCUT2D eigenvalue weighted by molar-refractivity contribution is 5.95. The van der Waals surface area contributed by atoms with Gasteiger partial charge in [-0.1, -0.05) is 6.07 Å². The van der Waals surface area contributed by atoms with Crippen LogP contribution in [0.1, 0.15) is 18.1 Å². The summed E-state index contributed by atoms with van der Waals surface area (Å²) in [6.45, 7) is 5.75. The molecule has 5 nitrogen and oxygen atoms in total. The average Bonchev–Trinajstić information content (AvgIpc) is 2.52. The van der Waals surface area contributed by atoms with Crippen molar-refractivity contribution >= 4 is 28.9 Å². The molecule has 0 fully saturated rings. The predicted molar refractivity (Wildman–Crippen MR) is 98.6 cm³/mol. The van der Waals surface area contributed by atoms with Crippen LogP contribution >= 0.6 is 0 Å². The molecule has 2 amide bonds. The van der Waals surface area contributed by atoms with Crippen molar-refractivity contribution in [2.75, 3.05) is 29.1 Å². The molecule has 0 unspecified atom stereocenters. The van der Waals surface area contributed by atoms with E-state index in [0.29, 0.717) is 5.69 Å². The van der Waals surface area contributed by atoms with E-state index in [1.54, 1.807) is 36.2 Å². The summed E-state index contributed by atoms with van der Waals surface area (Å²) in [5.41, 5.74) is 4.73. The number of anilines is 3. The van der Waals surface area contributed by atoms with Gasteiger partial charge in [-0.15, -0.1) is 0 Å². The van der Waals surface area contributed by atoms with E-state index >= 15 is 0 Å². The molecule has 0 aliphatic rings. The maximum Gasteiger partial charge on any atom is 0.243 e. The fourth-order valence-electron chi connectivity index (χ4n) is 2.41. The van der Waals surface area contributed by atoms with Crippen LogP contribution in [0, 0.1) is 13.8 Å². The Balaban J connectivity index is 1.91. The highest BCUT2D eigenvalue weighted by Crippen LogP contribution is 2.17. The van der Waals surface area contributed by atoms with Gasteiger partial charge in [0, 0.05) is 31.0 Å². The van der Waals surface area contributed by atoms with Gasteiger partial charge in [0.1, 0.15) is 0 Å². The Morgan fingerprint density at radius 3 is 2.08 bits per heavy atom. The van der Waals surface area contributed by atoms with Crippen molar-refractivity contribution < 1.29 is 9.59 Å². The number of benzene rings is 2. The molecule has 24 heavy (non-hydrogen) atoms. The molecule has 2 N–H and O–H groups in total. The first-order chi connectivity index (χ1) is 11.3. The molecule has 2 aromatic rings. The first kappa shape index (κ1) is 17.5. The lowest BCUT2D eigenvalue weighted by atomic mass is 10.1. The Kier molecular flexibility index (Phi) is 5.58. The van der Waals surface area contributed by atoms with Gasteiger partial charge in [-0.3, -0.25) is 9.59 Å². The Labute approximate surface area is 142 Å². The fourth-order valence-corrected chi connectivity index (χ4v) is 2.41. The van der Waals surface area contributed by atoms with Crippen molar-refractivity contribution in [1.29, 1.82) is 0 Å². The van der Waals surface area contributed by atoms with Gasteiger partial charge in [-0.2, -0.15) is 0 Å². The number of amides is 2. The van der Waals surface area contributed by atoms with Gasteiger partial charge >= 0.3 is 0 Å². The minimum atomic E-state index is -0.123. The number of nitrogens with one attached hydrogen (secondary N) is 2. The number of hydrogen-bond donors (Lipinski definition) is 2. The molecule has 5 heteroatoms. The first-order valence-electron chi connectivity index (χ1n) is 7.81. The molecular weight excluding hydrogens is 302 g/mol. The van der Waals surface area contributed by atoms with E-state index in [1.165, 1.54) is 6.92 Å². The van der Waals surface area contributed by atoms with Crippen LogP contribution in [0.4, 0.5) is 17.1 Å². The number of carbonyl (C=O) groups is 2. The molecule has 0 saturated carbocycles. The molecule has 0 saturated heterocycles. The molecule has 2 rings (SSSR count). The highest BCUT2D eigenvalue weighted by Gasteiger charge is 2.06. The van der Waals surface area contributed by atoms with E-state index in [9.17, 15) is 9.59 Å². The summed E-state index contributed by atoms with van der Waals surface area (Å²) in [5.74, 6) is -0.161. The molecule has 0 spiro atoms. The first-order valence-corrected chi connectivity index (χ1v) is 7.81. The Hall–Kier alpha value is -2.82. The molecule has 0 atom stereocenters. The largest absolute Gasteiger partial charge is 0.376 e. The maximum atomic E-state index is 12.0. The lowest BCUT2D eigenvalue weighted by Gasteiger charge is -2.15. The van der Waals surface area contributed by atoms with Crippen molar-refractivity contribution in [3.8, 4) is 0 Å². The second-order valence-electron chi connectivity index (χ2n) is 5.90. The third-order valence-electron chi connectivity index (χ3n) is 3.69. The predicted octanol–water partition coefficient (Wildman–Crippen LogP) is 3.34. The minimum Gasteiger partial charge on any atom is -0.376 e. The fraction of sp³-hybridized carbons (Fsp3) is 0.263. The van der Waals surface area contributed by atoms with Crippen molar-refractivity contribution in [1.82, 2.24) is 0 Å². The van der Waals surface area contributed by atoms with E-state index in [2.05, 4.69) is 16.7 Å². The summed E-state index contributed by atoms with van der Waals surface area (Å²) in [6.07, 6.45) is 0. The lowest BCUT2D eigenvalue weighted by molar-refractivity contribution is -0.116. The Morgan fingerprint density at radius 2 is 1.54 bits per heavy atom. The van der Waals surface area contributed by atoms with Crippen LogP contribution in [0.2, 0.25) is 0 Å². The summed E-state index contributed by atoms with van der Waals surface area (Å²) in [4.78, 5) is 24.9. The molecule has 0 aromatic heterocycles. The van der Waals surface area contributed by atoms with Gasteiger partial charge in [-0.05, 0) is 61.4 Å². The smallest absolute Gasteiger partial charge is 0.243 e. The standard InChI is InChI=1S/C19H23N3O2/c1-13-9-14(2)11-17(10-13)20-12-19(24)21-16-5-7-18(8-6-16)22(4)15(3)23/h5-11,20H,12H2,1-4H3,(H,21,24). The monoisotopic (exact) mass is 325 g/mol. The van der Waals surface area contributed by atoms with E-state index in [1.807, 2.05) is 26.0 Å². The Bertz CT molecular complexity index is 719. The normalized spacial score (nSPS) is 10.2. The minimum absolute atomic E-state index is 0.0376. The van der Waals surface area contributed by atoms with Crippen molar-refractivity contribution in [3.63, 3.8) is 0 Å². The van der Waals surface area contributed by atoms with E-state index in [4.69, 9.17) is 0 Å². The summed E-state index contributed by atoms with van der Waals surface area (Å²) in [5, 5.41) is 5.96. The topological polar surface area (TPSA) is 61.4 Å². The third kappa shape index (κ3) is 4.84. The van der Waals surface area contributed by atoms with Gasteiger partial charge in [0.15, 0.2) is 0 Å². The van der Waals surface area contributed by atoms with Crippen LogP contribution in [0.5, 0.6) is 0 Å². The number of aryl methyl sites for hydroxylation is 2.